The molecule has 1 aromatic heterocycles. The van der Waals surface area contributed by atoms with E-state index in [0.717, 1.165) is 10.5 Å². The Morgan fingerprint density at radius 2 is 2.05 bits per heavy atom. The molecule has 0 radical (unpaired) electrons. The summed E-state index contributed by atoms with van der Waals surface area (Å²) in [4.78, 5) is 16.1. The topological polar surface area (TPSA) is 54.0 Å². The van der Waals surface area contributed by atoms with Gasteiger partial charge in [-0.15, -0.1) is 11.3 Å². The zero-order valence-electron chi connectivity index (χ0n) is 11.5. The van der Waals surface area contributed by atoms with Crippen LogP contribution in [0.2, 0.25) is 0 Å². The van der Waals surface area contributed by atoms with E-state index in [4.69, 9.17) is 0 Å². The summed E-state index contributed by atoms with van der Waals surface area (Å²) in [6.45, 7) is 6.85. The van der Waals surface area contributed by atoms with E-state index in [0.29, 0.717) is 13.1 Å². The van der Waals surface area contributed by atoms with Crippen molar-refractivity contribution in [2.24, 2.45) is 0 Å². The summed E-state index contributed by atoms with van der Waals surface area (Å²) in [6.07, 6.45) is 0. The molecule has 0 unspecified atom stereocenters. The van der Waals surface area contributed by atoms with E-state index in [1.807, 2.05) is 39.0 Å². The molecular weight excluding hydrogens is 258 g/mol. The normalized spacial score (nSPS) is 11.7. The average molecular weight is 277 g/mol. The number of nitrogens with one attached hydrogen (secondary N) is 2. The quantitative estimate of drug-likeness (QED) is 0.901. The summed E-state index contributed by atoms with van der Waals surface area (Å²) in [5.74, 6) is 0.00797. The first-order chi connectivity index (χ1) is 8.94. The zero-order chi connectivity index (χ0) is 13.9. The number of rotatable bonds is 4. The van der Waals surface area contributed by atoms with Gasteiger partial charge < -0.3 is 10.6 Å². The van der Waals surface area contributed by atoms with Gasteiger partial charge in [-0.05, 0) is 32.9 Å². The van der Waals surface area contributed by atoms with Crippen molar-refractivity contribution in [1.29, 1.82) is 0 Å². The van der Waals surface area contributed by atoms with Crippen LogP contribution in [-0.2, 0) is 11.3 Å². The highest BCUT2D eigenvalue weighted by Gasteiger charge is 2.13. The lowest BCUT2D eigenvalue weighted by molar-refractivity contribution is -0.121. The van der Waals surface area contributed by atoms with Crippen molar-refractivity contribution in [1.82, 2.24) is 15.6 Å². The molecule has 1 heterocycles. The predicted molar refractivity (Wildman–Crippen MR) is 79.2 cm³/mol. The second-order valence-electron chi connectivity index (χ2n) is 5.48. The number of para-hydroxylation sites is 1. The smallest absolute Gasteiger partial charge is 0.234 e. The van der Waals surface area contributed by atoms with Crippen LogP contribution in [-0.4, -0.2) is 23.0 Å². The molecule has 1 amide bonds. The maximum atomic E-state index is 11.6. The van der Waals surface area contributed by atoms with Gasteiger partial charge in [-0.2, -0.15) is 0 Å². The lowest BCUT2D eigenvalue weighted by atomic mass is 10.1. The van der Waals surface area contributed by atoms with Crippen LogP contribution in [0.4, 0.5) is 0 Å². The minimum Gasteiger partial charge on any atom is -0.350 e. The summed E-state index contributed by atoms with van der Waals surface area (Å²) >= 11 is 1.66. The van der Waals surface area contributed by atoms with Crippen LogP contribution in [0, 0.1) is 0 Å². The van der Waals surface area contributed by atoms with E-state index >= 15 is 0 Å². The van der Waals surface area contributed by atoms with Crippen molar-refractivity contribution >= 4 is 27.5 Å². The first-order valence-electron chi connectivity index (χ1n) is 6.30. The summed E-state index contributed by atoms with van der Waals surface area (Å²) in [7, 11) is 0. The highest BCUT2D eigenvalue weighted by Crippen LogP contribution is 2.21. The number of nitrogens with zero attached hydrogens (tertiary/aromatic N) is 1. The van der Waals surface area contributed by atoms with Gasteiger partial charge in [0.15, 0.2) is 0 Å². The molecule has 0 atom stereocenters. The Kier molecular flexibility index (Phi) is 4.17. The van der Waals surface area contributed by atoms with Gasteiger partial charge in [-0.3, -0.25) is 4.79 Å². The number of aromatic nitrogens is 1. The Balaban J connectivity index is 1.84. The largest absolute Gasteiger partial charge is 0.350 e. The standard InChI is InChI=1S/C14H19N3OS/c1-14(2,3)17-12(18)8-15-9-13-16-10-6-4-5-7-11(10)19-13/h4-7,15H,8-9H2,1-3H3,(H,17,18). The maximum Gasteiger partial charge on any atom is 0.234 e. The molecule has 1 aromatic carbocycles. The van der Waals surface area contributed by atoms with Crippen LogP contribution in [0.25, 0.3) is 10.2 Å². The summed E-state index contributed by atoms with van der Waals surface area (Å²) in [6, 6.07) is 8.05. The van der Waals surface area contributed by atoms with Crippen LogP contribution in [0.1, 0.15) is 25.8 Å². The Hall–Kier alpha value is -1.46. The fraction of sp³-hybridized carbons (Fsp3) is 0.429. The third kappa shape index (κ3) is 4.29. The van der Waals surface area contributed by atoms with E-state index in [1.54, 1.807) is 11.3 Å². The van der Waals surface area contributed by atoms with Crippen LogP contribution < -0.4 is 10.6 Å². The van der Waals surface area contributed by atoms with Crippen molar-refractivity contribution in [3.05, 3.63) is 29.3 Å². The van der Waals surface area contributed by atoms with E-state index in [9.17, 15) is 4.79 Å². The Bertz CT molecular complexity index is 538. The monoisotopic (exact) mass is 277 g/mol. The van der Waals surface area contributed by atoms with Gasteiger partial charge in [-0.25, -0.2) is 4.98 Å². The van der Waals surface area contributed by atoms with E-state index in [2.05, 4.69) is 21.7 Å². The number of carbonyl (C=O) groups is 1. The highest BCUT2D eigenvalue weighted by molar-refractivity contribution is 7.18. The van der Waals surface area contributed by atoms with Crippen LogP contribution in [0.3, 0.4) is 0 Å². The SMILES string of the molecule is CC(C)(C)NC(=O)CNCc1nc2ccccc2s1. The summed E-state index contributed by atoms with van der Waals surface area (Å²) in [5, 5.41) is 7.04. The molecule has 19 heavy (non-hydrogen) atoms. The molecule has 0 fully saturated rings. The van der Waals surface area contributed by atoms with E-state index < -0.39 is 0 Å². The Morgan fingerprint density at radius 3 is 2.74 bits per heavy atom. The van der Waals surface area contributed by atoms with Crippen molar-refractivity contribution in [2.75, 3.05) is 6.54 Å². The van der Waals surface area contributed by atoms with Gasteiger partial charge in [0.1, 0.15) is 5.01 Å². The number of fused-ring (bicyclic) bond motifs is 1. The molecule has 102 valence electrons. The average Bonchev–Trinajstić information content (AvgIpc) is 2.68. The Morgan fingerprint density at radius 1 is 1.32 bits per heavy atom. The first-order valence-corrected chi connectivity index (χ1v) is 7.12. The molecule has 4 nitrogen and oxygen atoms in total. The van der Waals surface area contributed by atoms with Crippen molar-refractivity contribution in [3.8, 4) is 0 Å². The number of benzene rings is 1. The lowest BCUT2D eigenvalue weighted by Crippen LogP contribution is -2.44. The van der Waals surface area contributed by atoms with Crippen molar-refractivity contribution in [2.45, 2.75) is 32.9 Å². The minimum atomic E-state index is -0.186. The van der Waals surface area contributed by atoms with Gasteiger partial charge in [-0.1, -0.05) is 12.1 Å². The van der Waals surface area contributed by atoms with Gasteiger partial charge in [0.05, 0.1) is 16.8 Å². The molecule has 0 aliphatic heterocycles. The van der Waals surface area contributed by atoms with Crippen molar-refractivity contribution < 1.29 is 4.79 Å². The number of thiazole rings is 1. The highest BCUT2D eigenvalue weighted by atomic mass is 32.1. The van der Waals surface area contributed by atoms with Crippen molar-refractivity contribution in [3.63, 3.8) is 0 Å². The lowest BCUT2D eigenvalue weighted by Gasteiger charge is -2.20. The van der Waals surface area contributed by atoms with Crippen LogP contribution in [0.15, 0.2) is 24.3 Å². The third-order valence-corrected chi connectivity index (χ3v) is 3.45. The number of carbonyl (C=O) groups excluding carboxylic acids is 1. The fourth-order valence-corrected chi connectivity index (χ4v) is 2.68. The molecule has 0 spiro atoms. The van der Waals surface area contributed by atoms with E-state index in [1.165, 1.54) is 4.70 Å². The van der Waals surface area contributed by atoms with Crippen LogP contribution in [0.5, 0.6) is 0 Å². The van der Waals surface area contributed by atoms with Gasteiger partial charge in [0, 0.05) is 12.1 Å². The van der Waals surface area contributed by atoms with Gasteiger partial charge in [0.2, 0.25) is 5.91 Å². The third-order valence-electron chi connectivity index (χ3n) is 2.41. The number of hydrogen-bond donors (Lipinski definition) is 2. The maximum absolute atomic E-state index is 11.6. The van der Waals surface area contributed by atoms with Gasteiger partial charge >= 0.3 is 0 Å². The number of amides is 1. The molecule has 0 saturated heterocycles. The minimum absolute atomic E-state index is 0.00797. The van der Waals surface area contributed by atoms with Gasteiger partial charge in [0.25, 0.3) is 0 Å². The van der Waals surface area contributed by atoms with E-state index in [-0.39, 0.29) is 11.4 Å². The first kappa shape index (κ1) is 14.0. The molecule has 0 aliphatic carbocycles. The van der Waals surface area contributed by atoms with Crippen LogP contribution >= 0.6 is 11.3 Å². The summed E-state index contributed by atoms with van der Waals surface area (Å²) in [5.41, 5.74) is 0.831. The number of hydrogen-bond acceptors (Lipinski definition) is 4. The molecule has 2 aromatic rings. The molecule has 0 aliphatic rings. The second kappa shape index (κ2) is 5.67. The Labute approximate surface area is 117 Å². The molecule has 5 heteroatoms. The second-order valence-corrected chi connectivity index (χ2v) is 6.59. The predicted octanol–water partition coefficient (Wildman–Crippen LogP) is 2.30. The molecule has 2 N–H and O–H groups in total. The molecule has 0 bridgehead atoms. The fourth-order valence-electron chi connectivity index (χ4n) is 1.74. The zero-order valence-corrected chi connectivity index (χ0v) is 12.3. The molecular formula is C14H19N3OS. The molecule has 0 saturated carbocycles. The molecule has 2 rings (SSSR count). The summed E-state index contributed by atoms with van der Waals surface area (Å²) < 4.78 is 1.18.